The summed E-state index contributed by atoms with van der Waals surface area (Å²) in [6.07, 6.45) is 0.553. The van der Waals surface area contributed by atoms with Gasteiger partial charge in [-0.25, -0.2) is 17.1 Å². The lowest BCUT2D eigenvalue weighted by Crippen LogP contribution is -2.27. The number of ether oxygens (including phenoxy) is 1. The van der Waals surface area contributed by atoms with Gasteiger partial charge in [-0.2, -0.15) is 0 Å². The first kappa shape index (κ1) is 20.9. The highest BCUT2D eigenvalue weighted by molar-refractivity contribution is 7.89. The lowest BCUT2D eigenvalue weighted by molar-refractivity contribution is 0.0951. The van der Waals surface area contributed by atoms with Gasteiger partial charge in [-0.15, -0.1) is 0 Å². The van der Waals surface area contributed by atoms with Gasteiger partial charge in [0.05, 0.1) is 11.5 Å². The summed E-state index contributed by atoms with van der Waals surface area (Å²) in [4.78, 5) is 12.4. The van der Waals surface area contributed by atoms with E-state index in [1.54, 1.807) is 19.1 Å². The molecular weight excluding hydrogens is 371 g/mol. The molecule has 0 aliphatic carbocycles. The smallest absolute Gasteiger partial charge is 0.251 e. The minimum absolute atomic E-state index is 0.111. The van der Waals surface area contributed by atoms with Crippen molar-refractivity contribution in [2.24, 2.45) is 0 Å². The zero-order valence-electron chi connectivity index (χ0n) is 15.5. The molecule has 2 aromatic rings. The normalized spacial score (nSPS) is 11.4. The van der Waals surface area contributed by atoms with E-state index in [1.165, 1.54) is 44.4 Å². The van der Waals surface area contributed by atoms with Crippen molar-refractivity contribution >= 4 is 15.9 Å². The zero-order chi connectivity index (χ0) is 20.0. The first-order valence-electron chi connectivity index (χ1n) is 8.41. The molecule has 0 bridgehead atoms. The molecule has 0 aliphatic rings. The molecule has 0 saturated heterocycles. The van der Waals surface area contributed by atoms with Gasteiger partial charge in [-0.3, -0.25) is 4.79 Å². The van der Waals surface area contributed by atoms with Crippen LogP contribution in [0.1, 0.15) is 22.3 Å². The molecular formula is C19H23FN2O4S. The number of rotatable bonds is 8. The van der Waals surface area contributed by atoms with E-state index in [-0.39, 0.29) is 22.2 Å². The molecule has 0 heterocycles. The summed E-state index contributed by atoms with van der Waals surface area (Å²) >= 11 is 0. The summed E-state index contributed by atoms with van der Waals surface area (Å²) in [6.45, 7) is 2.41. The Bertz CT molecular complexity index is 896. The fourth-order valence-electron chi connectivity index (χ4n) is 2.31. The minimum atomic E-state index is -3.62. The zero-order valence-corrected chi connectivity index (χ0v) is 16.3. The van der Waals surface area contributed by atoms with Crippen LogP contribution in [-0.2, 0) is 10.0 Å². The van der Waals surface area contributed by atoms with E-state index in [9.17, 15) is 17.6 Å². The van der Waals surface area contributed by atoms with Crippen molar-refractivity contribution in [1.29, 1.82) is 0 Å². The summed E-state index contributed by atoms with van der Waals surface area (Å²) in [7, 11) is -0.726. The highest BCUT2D eigenvalue weighted by Gasteiger charge is 2.21. The van der Waals surface area contributed by atoms with Crippen molar-refractivity contribution in [3.63, 3.8) is 0 Å². The maximum absolute atomic E-state index is 12.8. The van der Waals surface area contributed by atoms with Gasteiger partial charge in [0.1, 0.15) is 11.6 Å². The largest absolute Gasteiger partial charge is 0.494 e. The topological polar surface area (TPSA) is 75.7 Å². The lowest BCUT2D eigenvalue weighted by Gasteiger charge is -2.14. The van der Waals surface area contributed by atoms with Gasteiger partial charge in [-0.05, 0) is 55.3 Å². The van der Waals surface area contributed by atoms with Crippen LogP contribution in [0.5, 0.6) is 5.75 Å². The van der Waals surface area contributed by atoms with E-state index in [2.05, 4.69) is 5.32 Å². The summed E-state index contributed by atoms with van der Waals surface area (Å²) in [5.74, 6) is -0.129. The van der Waals surface area contributed by atoms with E-state index in [0.717, 1.165) is 4.31 Å². The van der Waals surface area contributed by atoms with Crippen LogP contribution in [0.2, 0.25) is 0 Å². The van der Waals surface area contributed by atoms with Gasteiger partial charge in [0.2, 0.25) is 10.0 Å². The molecule has 0 unspecified atom stereocenters. The molecule has 146 valence electrons. The Balaban J connectivity index is 1.90. The standard InChI is InChI=1S/C19H23FN2O4S/c1-14-5-6-15(13-18(14)27(24,25)22(2)3)19(23)21-11-4-12-26-17-9-7-16(20)8-10-17/h5-10,13H,4,11-12H2,1-3H3,(H,21,23). The third kappa shape index (κ3) is 5.51. The SMILES string of the molecule is Cc1ccc(C(=O)NCCCOc2ccc(F)cc2)cc1S(=O)(=O)N(C)C. The molecule has 8 heteroatoms. The van der Waals surface area contributed by atoms with Crippen LogP contribution in [0, 0.1) is 12.7 Å². The first-order valence-corrected chi connectivity index (χ1v) is 9.85. The van der Waals surface area contributed by atoms with Crippen LogP contribution in [-0.4, -0.2) is 45.9 Å². The van der Waals surface area contributed by atoms with Gasteiger partial charge in [0.15, 0.2) is 0 Å². The minimum Gasteiger partial charge on any atom is -0.494 e. The number of halogens is 1. The predicted molar refractivity (Wildman–Crippen MR) is 101 cm³/mol. The maximum atomic E-state index is 12.8. The van der Waals surface area contributed by atoms with Gasteiger partial charge in [0.25, 0.3) is 5.91 Å². The number of benzene rings is 2. The second-order valence-corrected chi connectivity index (χ2v) is 8.30. The second-order valence-electron chi connectivity index (χ2n) is 6.18. The van der Waals surface area contributed by atoms with Crippen LogP contribution >= 0.6 is 0 Å². The van der Waals surface area contributed by atoms with Gasteiger partial charge in [-0.1, -0.05) is 6.07 Å². The van der Waals surface area contributed by atoms with Crippen LogP contribution in [0.3, 0.4) is 0 Å². The molecule has 1 amide bonds. The van der Waals surface area contributed by atoms with Crippen molar-refractivity contribution in [3.8, 4) is 5.75 Å². The number of hydrogen-bond donors (Lipinski definition) is 1. The summed E-state index contributed by atoms with van der Waals surface area (Å²) < 4.78 is 44.0. The molecule has 0 aliphatic heterocycles. The first-order chi connectivity index (χ1) is 12.7. The Hall–Kier alpha value is -2.45. The van der Waals surface area contributed by atoms with E-state index in [0.29, 0.717) is 30.9 Å². The fourth-order valence-corrected chi connectivity index (χ4v) is 3.46. The number of hydrogen-bond acceptors (Lipinski definition) is 4. The molecule has 0 saturated carbocycles. The molecule has 1 N–H and O–H groups in total. The van der Waals surface area contributed by atoms with Crippen molar-refractivity contribution < 1.29 is 22.3 Å². The summed E-state index contributed by atoms with van der Waals surface area (Å²) in [6, 6.07) is 10.3. The molecule has 0 fully saturated rings. The van der Waals surface area contributed by atoms with Gasteiger partial charge < -0.3 is 10.1 Å². The third-order valence-electron chi connectivity index (χ3n) is 3.90. The number of carbonyl (C=O) groups excluding carboxylic acids is 1. The van der Waals surface area contributed by atoms with Crippen molar-refractivity contribution in [1.82, 2.24) is 9.62 Å². The Morgan fingerprint density at radius 2 is 1.81 bits per heavy atom. The molecule has 0 aromatic heterocycles. The number of carbonyl (C=O) groups is 1. The number of nitrogens with zero attached hydrogens (tertiary/aromatic N) is 1. The van der Waals surface area contributed by atoms with Crippen molar-refractivity contribution in [3.05, 3.63) is 59.4 Å². The number of nitrogens with one attached hydrogen (secondary N) is 1. The number of amides is 1. The van der Waals surface area contributed by atoms with E-state index in [4.69, 9.17) is 4.74 Å². The maximum Gasteiger partial charge on any atom is 0.251 e. The number of aryl methyl sites for hydroxylation is 1. The third-order valence-corrected chi connectivity index (χ3v) is 5.86. The van der Waals surface area contributed by atoms with E-state index < -0.39 is 10.0 Å². The average Bonchev–Trinajstić information content (AvgIpc) is 2.62. The molecule has 27 heavy (non-hydrogen) atoms. The molecule has 2 rings (SSSR count). The highest BCUT2D eigenvalue weighted by atomic mass is 32.2. The summed E-state index contributed by atoms with van der Waals surface area (Å²) in [5.41, 5.74) is 0.855. The van der Waals surface area contributed by atoms with Crippen LogP contribution in [0.25, 0.3) is 0 Å². The second kappa shape index (κ2) is 8.96. The Labute approximate surface area is 159 Å². The molecule has 0 spiro atoms. The van der Waals surface area contributed by atoms with Gasteiger partial charge >= 0.3 is 0 Å². The van der Waals surface area contributed by atoms with Crippen molar-refractivity contribution in [2.75, 3.05) is 27.2 Å². The summed E-state index contributed by atoms with van der Waals surface area (Å²) in [5, 5.41) is 2.73. The fraction of sp³-hybridized carbons (Fsp3) is 0.316. The molecule has 2 aromatic carbocycles. The van der Waals surface area contributed by atoms with Gasteiger partial charge in [0, 0.05) is 26.2 Å². The number of sulfonamides is 1. The lowest BCUT2D eigenvalue weighted by atomic mass is 10.1. The van der Waals surface area contributed by atoms with Crippen LogP contribution in [0.15, 0.2) is 47.4 Å². The Morgan fingerprint density at radius 3 is 2.44 bits per heavy atom. The monoisotopic (exact) mass is 394 g/mol. The highest BCUT2D eigenvalue weighted by Crippen LogP contribution is 2.20. The van der Waals surface area contributed by atoms with E-state index in [1.807, 2.05) is 0 Å². The Kier molecular flexibility index (Phi) is 6.92. The van der Waals surface area contributed by atoms with Crippen LogP contribution in [0.4, 0.5) is 4.39 Å². The predicted octanol–water partition coefficient (Wildman–Crippen LogP) is 2.58. The average molecular weight is 394 g/mol. The Morgan fingerprint density at radius 1 is 1.15 bits per heavy atom. The van der Waals surface area contributed by atoms with Crippen LogP contribution < -0.4 is 10.1 Å². The molecule has 6 nitrogen and oxygen atoms in total. The molecule has 0 atom stereocenters. The van der Waals surface area contributed by atoms with E-state index >= 15 is 0 Å². The quantitative estimate of drug-likeness (QED) is 0.699. The van der Waals surface area contributed by atoms with Crippen molar-refractivity contribution in [2.45, 2.75) is 18.2 Å². The molecule has 0 radical (unpaired) electrons.